The van der Waals surface area contributed by atoms with Crippen molar-refractivity contribution in [2.24, 2.45) is 11.1 Å². The summed E-state index contributed by atoms with van der Waals surface area (Å²) in [7, 11) is -4.24. The standard InChI is InChI=1S/C34H37FN4O7S/c1-34(2)16-9-17-38(20-34)31(41)26-19-27(47(45,46)22-11-4-3-5-12-22)30(23-13-6-7-15-25(23)35)39(26)28(40)18-21-10-8-14-24(32(42)43)29(21)37-33(36)44/h3-8,10-15,26-27,30H,9,16-20H2,1-2H3,(H,42,43)(H3,36,37,44). The van der Waals surface area contributed by atoms with E-state index in [2.05, 4.69) is 5.32 Å². The van der Waals surface area contributed by atoms with E-state index >= 15 is 4.39 Å². The highest BCUT2D eigenvalue weighted by Gasteiger charge is 2.54. The van der Waals surface area contributed by atoms with Crippen molar-refractivity contribution in [1.82, 2.24) is 9.80 Å². The van der Waals surface area contributed by atoms with Crippen LogP contribution >= 0.6 is 0 Å². The number of hydrogen-bond acceptors (Lipinski definition) is 6. The number of benzene rings is 3. The number of primary amides is 1. The molecule has 248 valence electrons. The van der Waals surface area contributed by atoms with Gasteiger partial charge in [0.1, 0.15) is 11.9 Å². The Labute approximate surface area is 272 Å². The van der Waals surface area contributed by atoms with E-state index in [1.54, 1.807) is 23.1 Å². The molecule has 3 aromatic rings. The molecule has 0 saturated carbocycles. The van der Waals surface area contributed by atoms with Crippen molar-refractivity contribution in [2.45, 2.75) is 61.8 Å². The van der Waals surface area contributed by atoms with Gasteiger partial charge in [-0.05, 0) is 54.5 Å². The lowest BCUT2D eigenvalue weighted by atomic mass is 9.84. The molecule has 4 N–H and O–H groups in total. The lowest BCUT2D eigenvalue weighted by molar-refractivity contribution is -0.147. The van der Waals surface area contributed by atoms with Crippen LogP contribution in [0.5, 0.6) is 0 Å². The maximum absolute atomic E-state index is 15.6. The number of sulfone groups is 1. The Kier molecular flexibility index (Phi) is 9.39. The van der Waals surface area contributed by atoms with E-state index in [1.165, 1.54) is 48.5 Å². The Bertz CT molecular complexity index is 1820. The molecule has 13 heteroatoms. The second-order valence-corrected chi connectivity index (χ2v) is 14.9. The maximum Gasteiger partial charge on any atom is 0.337 e. The minimum absolute atomic E-state index is 0.0342. The summed E-state index contributed by atoms with van der Waals surface area (Å²) in [6.07, 6.45) is 0.753. The van der Waals surface area contributed by atoms with Crippen LogP contribution in [0.2, 0.25) is 0 Å². The number of para-hydroxylation sites is 1. The van der Waals surface area contributed by atoms with Crippen molar-refractivity contribution in [2.75, 3.05) is 18.4 Å². The predicted octanol–water partition coefficient (Wildman–Crippen LogP) is 4.39. The largest absolute Gasteiger partial charge is 0.478 e. The number of nitrogens with zero attached hydrogens (tertiary/aromatic N) is 2. The van der Waals surface area contributed by atoms with Gasteiger partial charge in [0.05, 0.1) is 33.9 Å². The van der Waals surface area contributed by atoms with Crippen LogP contribution in [0.1, 0.15) is 60.6 Å². The second kappa shape index (κ2) is 13.1. The molecule has 2 fully saturated rings. The molecule has 0 aromatic heterocycles. The number of piperidine rings is 1. The number of aromatic carboxylic acids is 1. The predicted molar refractivity (Wildman–Crippen MR) is 172 cm³/mol. The molecule has 0 radical (unpaired) electrons. The lowest BCUT2D eigenvalue weighted by Gasteiger charge is -2.40. The molecule has 0 bridgehead atoms. The molecule has 4 amide bonds. The Balaban J connectivity index is 1.67. The summed E-state index contributed by atoms with van der Waals surface area (Å²) in [5, 5.41) is 10.6. The number of urea groups is 1. The summed E-state index contributed by atoms with van der Waals surface area (Å²) in [6.45, 7) is 4.85. The van der Waals surface area contributed by atoms with Gasteiger partial charge in [0.25, 0.3) is 0 Å². The first-order chi connectivity index (χ1) is 22.2. The second-order valence-electron chi connectivity index (χ2n) is 12.8. The minimum Gasteiger partial charge on any atom is -0.478 e. The van der Waals surface area contributed by atoms with E-state index in [-0.39, 0.29) is 39.1 Å². The van der Waals surface area contributed by atoms with E-state index in [1.807, 2.05) is 13.8 Å². The normalized spacial score (nSPS) is 20.9. The van der Waals surface area contributed by atoms with Gasteiger partial charge >= 0.3 is 12.0 Å². The summed E-state index contributed by atoms with van der Waals surface area (Å²) in [5.74, 6) is -3.34. The number of hydrogen-bond donors (Lipinski definition) is 3. The fourth-order valence-corrected chi connectivity index (χ4v) is 8.74. The van der Waals surface area contributed by atoms with E-state index in [9.17, 15) is 32.7 Å². The minimum atomic E-state index is -4.24. The van der Waals surface area contributed by atoms with Crippen molar-refractivity contribution in [3.63, 3.8) is 0 Å². The molecule has 2 aliphatic rings. The summed E-state index contributed by atoms with van der Waals surface area (Å²) in [6, 6.07) is 13.4. The van der Waals surface area contributed by atoms with E-state index in [4.69, 9.17) is 5.73 Å². The number of likely N-dealkylation sites (tertiary alicyclic amines) is 2. The number of carboxylic acid groups (broad SMARTS) is 1. The van der Waals surface area contributed by atoms with Crippen LogP contribution < -0.4 is 11.1 Å². The molecule has 5 rings (SSSR count). The van der Waals surface area contributed by atoms with Crippen LogP contribution in [-0.4, -0.2) is 71.5 Å². The topological polar surface area (TPSA) is 167 Å². The van der Waals surface area contributed by atoms with Gasteiger partial charge in [-0.1, -0.05) is 62.4 Å². The first-order valence-corrected chi connectivity index (χ1v) is 16.8. The molecule has 0 spiro atoms. The van der Waals surface area contributed by atoms with Gasteiger partial charge in [0.15, 0.2) is 9.84 Å². The molecule has 3 unspecified atom stereocenters. The zero-order chi connectivity index (χ0) is 34.1. The van der Waals surface area contributed by atoms with Gasteiger partial charge in [-0.25, -0.2) is 22.4 Å². The van der Waals surface area contributed by atoms with Gasteiger partial charge < -0.3 is 26.0 Å². The SMILES string of the molecule is CC1(C)CCCN(C(=O)C2CC(S(=O)(=O)c3ccccc3)C(c3ccccc3F)N2C(=O)Cc2cccc(C(=O)O)c2NC(N)=O)C1. The number of amides is 4. The molecule has 0 aliphatic carbocycles. The van der Waals surface area contributed by atoms with E-state index in [0.717, 1.165) is 17.4 Å². The number of nitrogens with two attached hydrogens (primary N) is 1. The van der Waals surface area contributed by atoms with Crippen molar-refractivity contribution >= 4 is 39.3 Å². The zero-order valence-corrected chi connectivity index (χ0v) is 26.9. The molecule has 2 heterocycles. The Morgan fingerprint density at radius 3 is 2.32 bits per heavy atom. The van der Waals surface area contributed by atoms with Crippen LogP contribution in [0.25, 0.3) is 0 Å². The number of carbonyl (C=O) groups excluding carboxylic acids is 3. The Hall–Kier alpha value is -4.78. The highest BCUT2D eigenvalue weighted by atomic mass is 32.2. The third-order valence-corrected chi connectivity index (χ3v) is 11.1. The Morgan fingerprint density at radius 1 is 1.00 bits per heavy atom. The van der Waals surface area contributed by atoms with Crippen LogP contribution in [-0.2, 0) is 25.8 Å². The number of rotatable bonds is 8. The number of nitrogens with one attached hydrogen (secondary N) is 1. The average molecular weight is 665 g/mol. The quantitative estimate of drug-likeness (QED) is 0.321. The number of anilines is 1. The lowest BCUT2D eigenvalue weighted by Crippen LogP contribution is -2.52. The first kappa shape index (κ1) is 33.6. The van der Waals surface area contributed by atoms with Gasteiger partial charge in [-0.3, -0.25) is 9.59 Å². The maximum atomic E-state index is 15.6. The van der Waals surface area contributed by atoms with Crippen LogP contribution in [0, 0.1) is 11.2 Å². The molecule has 47 heavy (non-hydrogen) atoms. The van der Waals surface area contributed by atoms with Crippen LogP contribution in [0.15, 0.2) is 77.7 Å². The summed E-state index contributed by atoms with van der Waals surface area (Å²) in [4.78, 5) is 55.4. The highest BCUT2D eigenvalue weighted by molar-refractivity contribution is 7.92. The molecular formula is C34H37FN4O7S. The summed E-state index contributed by atoms with van der Waals surface area (Å²) in [5.41, 5.74) is 4.57. The monoisotopic (exact) mass is 664 g/mol. The summed E-state index contributed by atoms with van der Waals surface area (Å²) < 4.78 is 44.2. The fraction of sp³-hybridized carbons (Fsp3) is 0.353. The smallest absolute Gasteiger partial charge is 0.337 e. The highest BCUT2D eigenvalue weighted by Crippen LogP contribution is 2.45. The van der Waals surface area contributed by atoms with Crippen molar-refractivity contribution in [3.05, 3.63) is 95.3 Å². The zero-order valence-electron chi connectivity index (χ0n) is 26.1. The number of carboxylic acids is 1. The van der Waals surface area contributed by atoms with E-state index in [0.29, 0.717) is 19.5 Å². The van der Waals surface area contributed by atoms with Gasteiger partial charge in [0.2, 0.25) is 11.8 Å². The van der Waals surface area contributed by atoms with Crippen LogP contribution in [0.4, 0.5) is 14.9 Å². The van der Waals surface area contributed by atoms with Crippen molar-refractivity contribution < 1.29 is 37.1 Å². The van der Waals surface area contributed by atoms with Crippen molar-refractivity contribution in [3.8, 4) is 0 Å². The Morgan fingerprint density at radius 2 is 1.68 bits per heavy atom. The van der Waals surface area contributed by atoms with Crippen molar-refractivity contribution in [1.29, 1.82) is 0 Å². The third kappa shape index (κ3) is 6.85. The van der Waals surface area contributed by atoms with Crippen LogP contribution in [0.3, 0.4) is 0 Å². The molecule has 3 aromatic carbocycles. The van der Waals surface area contributed by atoms with E-state index < -0.39 is 63.2 Å². The molecule has 3 atom stereocenters. The first-order valence-electron chi connectivity index (χ1n) is 15.3. The molecule has 2 saturated heterocycles. The molecule has 11 nitrogen and oxygen atoms in total. The average Bonchev–Trinajstić information content (AvgIpc) is 3.43. The number of halogens is 1. The fourth-order valence-electron chi connectivity index (χ4n) is 6.80. The number of carbonyl (C=O) groups is 4. The molecular weight excluding hydrogens is 627 g/mol. The van der Waals surface area contributed by atoms with Gasteiger partial charge in [0, 0.05) is 18.7 Å². The third-order valence-electron chi connectivity index (χ3n) is 8.89. The van der Waals surface area contributed by atoms with Gasteiger partial charge in [-0.15, -0.1) is 0 Å². The summed E-state index contributed by atoms with van der Waals surface area (Å²) >= 11 is 0. The van der Waals surface area contributed by atoms with Gasteiger partial charge in [-0.2, -0.15) is 0 Å². The molecule has 2 aliphatic heterocycles.